The smallest absolute Gasteiger partial charge is 0.255 e. The van der Waals surface area contributed by atoms with Gasteiger partial charge in [0.25, 0.3) is 5.91 Å². The highest BCUT2D eigenvalue weighted by molar-refractivity contribution is 7.91. The quantitative estimate of drug-likeness (QED) is 0.780. The van der Waals surface area contributed by atoms with E-state index in [9.17, 15) is 13.2 Å². The van der Waals surface area contributed by atoms with Gasteiger partial charge < -0.3 is 4.90 Å². The molecule has 132 valence electrons. The van der Waals surface area contributed by atoms with Gasteiger partial charge in [-0.15, -0.1) is 0 Å². The second-order valence-electron chi connectivity index (χ2n) is 6.01. The number of likely N-dealkylation sites (tertiary alicyclic amines) is 1. The van der Waals surface area contributed by atoms with Crippen molar-refractivity contribution >= 4 is 38.9 Å². The van der Waals surface area contributed by atoms with E-state index < -0.39 is 9.84 Å². The zero-order valence-corrected chi connectivity index (χ0v) is 15.7. The molecule has 1 unspecified atom stereocenters. The summed E-state index contributed by atoms with van der Waals surface area (Å²) in [7, 11) is -3.46. The summed E-state index contributed by atoms with van der Waals surface area (Å²) in [6.45, 7) is 0.511. The summed E-state index contributed by atoms with van der Waals surface area (Å²) < 4.78 is 25.3. The summed E-state index contributed by atoms with van der Waals surface area (Å²) in [5, 5.41) is 0.728. The van der Waals surface area contributed by atoms with Crippen molar-refractivity contribution in [3.63, 3.8) is 0 Å². The van der Waals surface area contributed by atoms with Crippen molar-refractivity contribution in [1.82, 2.24) is 4.90 Å². The van der Waals surface area contributed by atoms with Gasteiger partial charge in [0.15, 0.2) is 9.84 Å². The maximum atomic E-state index is 12.8. The molecule has 1 heterocycles. The summed E-state index contributed by atoms with van der Waals surface area (Å²) in [6.07, 6.45) is 1.41. The number of carbonyl (C=O) groups excluding carboxylic acids is 1. The minimum absolute atomic E-state index is 0.0963. The maximum Gasteiger partial charge on any atom is 0.255 e. The molecule has 7 heteroatoms. The van der Waals surface area contributed by atoms with Gasteiger partial charge in [0, 0.05) is 17.6 Å². The highest BCUT2D eigenvalue weighted by atomic mass is 35.5. The molecule has 0 N–H and O–H groups in total. The van der Waals surface area contributed by atoms with Gasteiger partial charge in [0.2, 0.25) is 0 Å². The van der Waals surface area contributed by atoms with Gasteiger partial charge in [-0.1, -0.05) is 41.4 Å². The molecular weight excluding hydrogens is 381 g/mol. The first-order chi connectivity index (χ1) is 11.9. The van der Waals surface area contributed by atoms with E-state index in [0.717, 1.165) is 6.42 Å². The zero-order valence-electron chi connectivity index (χ0n) is 13.4. The van der Waals surface area contributed by atoms with Gasteiger partial charge in [-0.25, -0.2) is 8.42 Å². The molecule has 0 aliphatic carbocycles. The van der Waals surface area contributed by atoms with E-state index in [1.807, 2.05) is 0 Å². The van der Waals surface area contributed by atoms with E-state index >= 15 is 0 Å². The van der Waals surface area contributed by atoms with E-state index in [4.69, 9.17) is 23.2 Å². The van der Waals surface area contributed by atoms with Gasteiger partial charge in [-0.2, -0.15) is 0 Å². The Morgan fingerprint density at radius 1 is 1.12 bits per heavy atom. The van der Waals surface area contributed by atoms with E-state index in [-0.39, 0.29) is 22.6 Å². The molecule has 2 aromatic carbocycles. The normalized spacial score (nSPS) is 17.7. The first-order valence-electron chi connectivity index (χ1n) is 7.92. The number of sulfone groups is 1. The Bertz CT molecular complexity index is 884. The van der Waals surface area contributed by atoms with Crippen LogP contribution in [0.3, 0.4) is 0 Å². The van der Waals surface area contributed by atoms with Crippen LogP contribution >= 0.6 is 23.2 Å². The molecule has 0 bridgehead atoms. The Hall–Kier alpha value is -1.56. The Labute approximate surface area is 157 Å². The van der Waals surface area contributed by atoms with Crippen molar-refractivity contribution in [3.8, 4) is 0 Å². The Morgan fingerprint density at radius 3 is 2.56 bits per heavy atom. The van der Waals surface area contributed by atoms with Crippen molar-refractivity contribution in [3.05, 3.63) is 64.1 Å². The number of carbonyl (C=O) groups is 1. The van der Waals surface area contributed by atoms with Crippen LogP contribution in [0.5, 0.6) is 0 Å². The molecule has 0 saturated carbocycles. The lowest BCUT2D eigenvalue weighted by Crippen LogP contribution is -2.39. The van der Waals surface area contributed by atoms with Crippen LogP contribution in [-0.4, -0.2) is 37.6 Å². The third-order valence-corrected chi connectivity index (χ3v) is 6.69. The van der Waals surface area contributed by atoms with Gasteiger partial charge in [-0.3, -0.25) is 4.79 Å². The van der Waals surface area contributed by atoms with Crippen LogP contribution in [0.1, 0.15) is 23.2 Å². The number of amides is 1. The van der Waals surface area contributed by atoms with Gasteiger partial charge in [0.05, 0.1) is 21.2 Å². The molecule has 0 aromatic heterocycles. The van der Waals surface area contributed by atoms with Crippen LogP contribution < -0.4 is 0 Å². The van der Waals surface area contributed by atoms with E-state index in [1.165, 1.54) is 6.07 Å². The number of benzene rings is 2. The maximum absolute atomic E-state index is 12.8. The first-order valence-corrected chi connectivity index (χ1v) is 10.3. The van der Waals surface area contributed by atoms with Crippen molar-refractivity contribution in [2.45, 2.75) is 23.8 Å². The molecule has 1 aliphatic rings. The van der Waals surface area contributed by atoms with Crippen molar-refractivity contribution in [1.29, 1.82) is 0 Å². The monoisotopic (exact) mass is 397 g/mol. The predicted octanol–water partition coefficient (Wildman–Crippen LogP) is 4.07. The first kappa shape index (κ1) is 18.2. The molecule has 1 atom stereocenters. The van der Waals surface area contributed by atoms with Crippen LogP contribution in [0.15, 0.2) is 53.4 Å². The Balaban J connectivity index is 1.83. The fourth-order valence-corrected chi connectivity index (χ4v) is 5.06. The number of hydrogen-bond donors (Lipinski definition) is 0. The topological polar surface area (TPSA) is 54.5 Å². The fraction of sp³-hybridized carbons (Fsp3) is 0.278. The van der Waals surface area contributed by atoms with Gasteiger partial charge in [0.1, 0.15) is 0 Å². The predicted molar refractivity (Wildman–Crippen MR) is 99.0 cm³/mol. The fourth-order valence-electron chi connectivity index (χ4n) is 3.07. The summed E-state index contributed by atoms with van der Waals surface area (Å²) in [4.78, 5) is 14.7. The second-order valence-corrected chi connectivity index (χ2v) is 8.89. The van der Waals surface area contributed by atoms with Crippen molar-refractivity contribution in [2.75, 3.05) is 12.3 Å². The molecule has 3 rings (SSSR count). The number of rotatable bonds is 4. The summed E-state index contributed by atoms with van der Waals surface area (Å²) in [6, 6.07) is 12.6. The third kappa shape index (κ3) is 4.00. The number of hydrogen-bond acceptors (Lipinski definition) is 3. The molecule has 2 aromatic rings. The van der Waals surface area contributed by atoms with Crippen molar-refractivity contribution < 1.29 is 13.2 Å². The highest BCUT2D eigenvalue weighted by Gasteiger charge is 2.34. The van der Waals surface area contributed by atoms with Crippen molar-refractivity contribution in [2.24, 2.45) is 0 Å². The van der Waals surface area contributed by atoms with Crippen LogP contribution in [0, 0.1) is 0 Å². The largest absolute Gasteiger partial charge is 0.335 e. The Kier molecular flexibility index (Phi) is 5.37. The van der Waals surface area contributed by atoms with Crippen LogP contribution in [0.2, 0.25) is 10.0 Å². The molecule has 1 amide bonds. The average Bonchev–Trinajstić information content (AvgIpc) is 3.04. The lowest BCUT2D eigenvalue weighted by molar-refractivity contribution is 0.0749. The van der Waals surface area contributed by atoms with Crippen LogP contribution in [-0.2, 0) is 9.84 Å². The highest BCUT2D eigenvalue weighted by Crippen LogP contribution is 2.27. The molecule has 0 spiro atoms. The molecule has 4 nitrogen and oxygen atoms in total. The van der Waals surface area contributed by atoms with Gasteiger partial charge in [-0.05, 0) is 43.2 Å². The third-order valence-electron chi connectivity index (χ3n) is 4.31. The number of nitrogens with zero attached hydrogens (tertiary/aromatic N) is 1. The molecule has 0 radical (unpaired) electrons. The molecule has 1 aliphatic heterocycles. The number of halogens is 2. The second kappa shape index (κ2) is 7.36. The molecule has 25 heavy (non-hydrogen) atoms. The minimum atomic E-state index is -3.46. The molecular formula is C18H17Cl2NO3S. The zero-order chi connectivity index (χ0) is 18.0. The molecule has 1 saturated heterocycles. The van der Waals surface area contributed by atoms with E-state index in [0.29, 0.717) is 28.6 Å². The lowest BCUT2D eigenvalue weighted by atomic mass is 10.2. The lowest BCUT2D eigenvalue weighted by Gasteiger charge is -2.25. The van der Waals surface area contributed by atoms with E-state index in [2.05, 4.69) is 0 Å². The average molecular weight is 398 g/mol. The summed E-state index contributed by atoms with van der Waals surface area (Å²) in [5.74, 6) is -0.376. The SMILES string of the molecule is O=C(c1cc(Cl)ccc1Cl)N1CCCC1CS(=O)(=O)c1ccccc1. The standard InChI is InChI=1S/C18H17Cl2NO3S/c19-13-8-9-17(20)16(11-13)18(22)21-10-4-5-14(21)12-25(23,24)15-6-2-1-3-7-15/h1-3,6-9,11,14H,4-5,10,12H2. The van der Waals surface area contributed by atoms with Gasteiger partial charge >= 0.3 is 0 Å². The summed E-state index contributed by atoms with van der Waals surface area (Å²) in [5.41, 5.74) is 0.304. The van der Waals surface area contributed by atoms with Crippen LogP contribution in [0.25, 0.3) is 0 Å². The molecule has 1 fully saturated rings. The van der Waals surface area contributed by atoms with E-state index in [1.54, 1.807) is 47.4 Å². The Morgan fingerprint density at radius 2 is 1.84 bits per heavy atom. The summed E-state index contributed by atoms with van der Waals surface area (Å²) >= 11 is 12.1. The minimum Gasteiger partial charge on any atom is -0.335 e. The van der Waals surface area contributed by atoms with Crippen LogP contribution in [0.4, 0.5) is 0 Å².